The van der Waals surface area contributed by atoms with E-state index in [0.717, 1.165) is 6.07 Å². The summed E-state index contributed by atoms with van der Waals surface area (Å²) in [5, 5.41) is 49.0. The third-order valence-electron chi connectivity index (χ3n) is 3.44. The largest absolute Gasteiger partial charge is 0.508 e. The van der Waals surface area contributed by atoms with E-state index < -0.39 is 18.3 Å². The lowest BCUT2D eigenvalue weighted by Crippen LogP contribution is -2.27. The summed E-state index contributed by atoms with van der Waals surface area (Å²) in [4.78, 5) is 0. The monoisotopic (exact) mass is 306 g/mol. The zero-order chi connectivity index (χ0) is 16.3. The molecule has 3 unspecified atom stereocenters. The Labute approximate surface area is 127 Å². The van der Waals surface area contributed by atoms with Crippen molar-refractivity contribution in [2.45, 2.75) is 18.3 Å². The number of hydrogen-bond donors (Lipinski definition) is 5. The second kappa shape index (κ2) is 6.65. The summed E-state index contributed by atoms with van der Waals surface area (Å²) in [5.41, 5.74) is 0.635. The highest BCUT2D eigenvalue weighted by Crippen LogP contribution is 2.35. The first-order valence-electron chi connectivity index (χ1n) is 6.63. The number of hydrogen-bond acceptors (Lipinski definition) is 6. The lowest BCUT2D eigenvalue weighted by Gasteiger charge is -2.27. The number of phenols is 3. The SMILES string of the molecule is COC(c1ccc(O)cc1O)C(O)C(O)c1ccc(O)cc1. The highest BCUT2D eigenvalue weighted by Gasteiger charge is 2.30. The van der Waals surface area contributed by atoms with Crippen LogP contribution in [0.15, 0.2) is 42.5 Å². The highest BCUT2D eigenvalue weighted by atomic mass is 16.5. The van der Waals surface area contributed by atoms with Gasteiger partial charge in [-0.3, -0.25) is 0 Å². The summed E-state index contributed by atoms with van der Waals surface area (Å²) in [6, 6.07) is 9.63. The van der Waals surface area contributed by atoms with E-state index in [9.17, 15) is 25.5 Å². The third kappa shape index (κ3) is 3.30. The Bertz CT molecular complexity index is 625. The van der Waals surface area contributed by atoms with Crippen LogP contribution in [0.25, 0.3) is 0 Å². The number of aliphatic hydroxyl groups excluding tert-OH is 2. The minimum absolute atomic E-state index is 0.0462. The Morgan fingerprint density at radius 2 is 1.45 bits per heavy atom. The van der Waals surface area contributed by atoms with Crippen LogP contribution in [0.3, 0.4) is 0 Å². The lowest BCUT2D eigenvalue weighted by atomic mass is 9.95. The molecule has 6 nitrogen and oxygen atoms in total. The summed E-state index contributed by atoms with van der Waals surface area (Å²) < 4.78 is 5.18. The first-order chi connectivity index (χ1) is 10.4. The molecule has 2 rings (SSSR count). The number of methoxy groups -OCH3 is 1. The molecule has 0 fully saturated rings. The third-order valence-corrected chi connectivity index (χ3v) is 3.44. The van der Waals surface area contributed by atoms with Crippen molar-refractivity contribution in [1.82, 2.24) is 0 Å². The number of ether oxygens (including phenoxy) is 1. The minimum atomic E-state index is -1.36. The summed E-state index contributed by atoms with van der Waals surface area (Å²) in [6.07, 6.45) is -3.63. The maximum atomic E-state index is 10.3. The van der Waals surface area contributed by atoms with Crippen LogP contribution in [0.2, 0.25) is 0 Å². The van der Waals surface area contributed by atoms with Crippen LogP contribution < -0.4 is 0 Å². The molecule has 0 aliphatic rings. The van der Waals surface area contributed by atoms with Crippen molar-refractivity contribution in [2.75, 3.05) is 7.11 Å². The average Bonchev–Trinajstić information content (AvgIpc) is 2.50. The van der Waals surface area contributed by atoms with Crippen LogP contribution in [0, 0.1) is 0 Å². The van der Waals surface area contributed by atoms with Crippen LogP contribution in [0.1, 0.15) is 23.3 Å². The first-order valence-corrected chi connectivity index (χ1v) is 6.63. The van der Waals surface area contributed by atoms with E-state index in [1.165, 1.54) is 43.5 Å². The molecule has 6 heteroatoms. The van der Waals surface area contributed by atoms with Gasteiger partial charge in [0.05, 0.1) is 0 Å². The van der Waals surface area contributed by atoms with Crippen LogP contribution in [0.4, 0.5) is 0 Å². The second-order valence-corrected chi connectivity index (χ2v) is 4.93. The van der Waals surface area contributed by atoms with Gasteiger partial charge in [-0.1, -0.05) is 12.1 Å². The molecule has 0 spiro atoms. The predicted molar refractivity (Wildman–Crippen MR) is 78.6 cm³/mol. The van der Waals surface area contributed by atoms with Crippen molar-refractivity contribution in [1.29, 1.82) is 0 Å². The van der Waals surface area contributed by atoms with Crippen LogP contribution in [-0.4, -0.2) is 38.7 Å². The van der Waals surface area contributed by atoms with Crippen molar-refractivity contribution in [3.05, 3.63) is 53.6 Å². The molecule has 0 saturated carbocycles. The van der Waals surface area contributed by atoms with Gasteiger partial charge in [0, 0.05) is 18.7 Å². The Balaban J connectivity index is 2.27. The second-order valence-electron chi connectivity index (χ2n) is 4.93. The molecule has 5 N–H and O–H groups in total. The predicted octanol–water partition coefficient (Wildman–Crippen LogP) is 1.59. The maximum absolute atomic E-state index is 10.3. The fraction of sp³-hybridized carbons (Fsp3) is 0.250. The Kier molecular flexibility index (Phi) is 4.87. The molecule has 0 radical (unpaired) electrons. The topological polar surface area (TPSA) is 110 Å². The molecule has 0 saturated heterocycles. The fourth-order valence-corrected chi connectivity index (χ4v) is 2.26. The highest BCUT2D eigenvalue weighted by molar-refractivity contribution is 5.41. The van der Waals surface area contributed by atoms with E-state index in [4.69, 9.17) is 4.74 Å². The molecule has 2 aromatic carbocycles. The molecule has 3 atom stereocenters. The zero-order valence-corrected chi connectivity index (χ0v) is 11.9. The van der Waals surface area contributed by atoms with Gasteiger partial charge in [-0.15, -0.1) is 0 Å². The van der Waals surface area contributed by atoms with E-state index >= 15 is 0 Å². The number of aromatic hydroxyl groups is 3. The molecule has 118 valence electrons. The molecule has 0 aliphatic carbocycles. The van der Waals surface area contributed by atoms with Crippen molar-refractivity contribution in [3.63, 3.8) is 0 Å². The summed E-state index contributed by atoms with van der Waals surface area (Å²) in [6.45, 7) is 0. The van der Waals surface area contributed by atoms with Crippen molar-refractivity contribution in [2.24, 2.45) is 0 Å². The molecule has 0 bridgehead atoms. The van der Waals surface area contributed by atoms with Gasteiger partial charge in [-0.05, 0) is 29.8 Å². The molecular formula is C16H18O6. The summed E-state index contributed by atoms with van der Waals surface area (Å²) >= 11 is 0. The number of rotatable bonds is 5. The van der Waals surface area contributed by atoms with Gasteiger partial charge in [0.25, 0.3) is 0 Å². The molecule has 0 aromatic heterocycles. The van der Waals surface area contributed by atoms with Gasteiger partial charge in [-0.2, -0.15) is 0 Å². The van der Waals surface area contributed by atoms with E-state index in [1.54, 1.807) is 0 Å². The minimum Gasteiger partial charge on any atom is -0.508 e. The Morgan fingerprint density at radius 3 is 2.00 bits per heavy atom. The fourth-order valence-electron chi connectivity index (χ4n) is 2.26. The Morgan fingerprint density at radius 1 is 0.864 bits per heavy atom. The van der Waals surface area contributed by atoms with Crippen molar-refractivity contribution < 1.29 is 30.3 Å². The molecule has 0 amide bonds. The molecular weight excluding hydrogens is 288 g/mol. The first kappa shape index (κ1) is 16.1. The van der Waals surface area contributed by atoms with Crippen molar-refractivity contribution in [3.8, 4) is 17.2 Å². The molecule has 0 heterocycles. The Hall–Kier alpha value is -2.28. The normalized spacial score (nSPS) is 15.2. The van der Waals surface area contributed by atoms with Crippen molar-refractivity contribution >= 4 is 0 Å². The molecule has 22 heavy (non-hydrogen) atoms. The van der Waals surface area contributed by atoms with E-state index in [-0.39, 0.29) is 22.8 Å². The standard InChI is InChI=1S/C16H18O6/c1-22-16(12-7-6-11(18)8-13(12)19)15(21)14(20)9-2-4-10(17)5-3-9/h2-8,14-21H,1H3. The van der Waals surface area contributed by atoms with Gasteiger partial charge in [-0.25, -0.2) is 0 Å². The quantitative estimate of drug-likeness (QED) is 0.574. The number of benzene rings is 2. The molecule has 2 aromatic rings. The number of aliphatic hydroxyl groups is 2. The van der Waals surface area contributed by atoms with E-state index in [0.29, 0.717) is 5.56 Å². The van der Waals surface area contributed by atoms with Crippen LogP contribution >= 0.6 is 0 Å². The van der Waals surface area contributed by atoms with E-state index in [2.05, 4.69) is 0 Å². The van der Waals surface area contributed by atoms with Gasteiger partial charge in [0.1, 0.15) is 35.6 Å². The van der Waals surface area contributed by atoms with Crippen LogP contribution in [0.5, 0.6) is 17.2 Å². The number of phenolic OH excluding ortho intramolecular Hbond substituents is 3. The average molecular weight is 306 g/mol. The molecule has 0 aliphatic heterocycles. The maximum Gasteiger partial charge on any atom is 0.125 e. The van der Waals surface area contributed by atoms with Gasteiger partial charge < -0.3 is 30.3 Å². The summed E-state index contributed by atoms with van der Waals surface area (Å²) in [7, 11) is 1.34. The van der Waals surface area contributed by atoms with Gasteiger partial charge in [0.2, 0.25) is 0 Å². The van der Waals surface area contributed by atoms with E-state index in [1.807, 2.05) is 0 Å². The smallest absolute Gasteiger partial charge is 0.125 e. The van der Waals surface area contributed by atoms with Gasteiger partial charge >= 0.3 is 0 Å². The van der Waals surface area contributed by atoms with Gasteiger partial charge in [0.15, 0.2) is 0 Å². The lowest BCUT2D eigenvalue weighted by molar-refractivity contribution is -0.0795. The zero-order valence-electron chi connectivity index (χ0n) is 11.9. The van der Waals surface area contributed by atoms with Crippen LogP contribution in [-0.2, 0) is 4.74 Å². The summed E-state index contributed by atoms with van der Waals surface area (Å²) in [5.74, 6) is -0.321.